The number of nitrogens with zero attached hydrogens (tertiary/aromatic N) is 2. The molecule has 0 heterocycles. The summed E-state index contributed by atoms with van der Waals surface area (Å²) in [4.78, 5) is 22.1. The number of hydrogen-bond acceptors (Lipinski definition) is 6. The predicted octanol–water partition coefficient (Wildman–Crippen LogP) is 3.57. The third-order valence-electron chi connectivity index (χ3n) is 4.28. The molecule has 8 heteroatoms. The summed E-state index contributed by atoms with van der Waals surface area (Å²) >= 11 is 5.57. The molecule has 0 aromatic heterocycles. The molecular weight excluding hydrogens is 406 g/mol. The number of ether oxygens (including phenoxy) is 1. The van der Waals surface area contributed by atoms with E-state index in [9.17, 15) is 4.79 Å². The van der Waals surface area contributed by atoms with Crippen LogP contribution < -0.4 is 10.1 Å². The first-order valence-corrected chi connectivity index (χ1v) is 9.92. The van der Waals surface area contributed by atoms with Crippen molar-refractivity contribution in [2.75, 3.05) is 26.6 Å². The van der Waals surface area contributed by atoms with Gasteiger partial charge in [-0.1, -0.05) is 34.6 Å². The SMILES string of the molecule is CNC(=O)/C(=N/OC)c1ccccc1COc1cc(C)c(C=NOCCCl)cc1C. The fraction of sp³-hybridized carbons (Fsp3) is 0.318. The molecule has 2 aromatic carbocycles. The number of aryl methyl sites for hydroxylation is 2. The lowest BCUT2D eigenvalue weighted by atomic mass is 10.0. The zero-order valence-electron chi connectivity index (χ0n) is 17.6. The van der Waals surface area contributed by atoms with Crippen molar-refractivity contribution < 1.29 is 19.2 Å². The second-order valence-corrected chi connectivity index (χ2v) is 6.76. The monoisotopic (exact) mass is 431 g/mol. The van der Waals surface area contributed by atoms with Gasteiger partial charge in [0, 0.05) is 12.6 Å². The minimum atomic E-state index is -0.337. The summed E-state index contributed by atoms with van der Waals surface area (Å²) in [5.74, 6) is 0.794. The van der Waals surface area contributed by atoms with Gasteiger partial charge < -0.3 is 19.7 Å². The summed E-state index contributed by atoms with van der Waals surface area (Å²) in [5, 5.41) is 10.4. The van der Waals surface area contributed by atoms with Crippen molar-refractivity contribution in [3.63, 3.8) is 0 Å². The van der Waals surface area contributed by atoms with Gasteiger partial charge in [0.05, 0.1) is 12.1 Å². The first kappa shape index (κ1) is 23.2. The van der Waals surface area contributed by atoms with Crippen LogP contribution in [0.2, 0.25) is 0 Å². The molecule has 1 N–H and O–H groups in total. The van der Waals surface area contributed by atoms with E-state index in [1.54, 1.807) is 13.3 Å². The topological polar surface area (TPSA) is 81.5 Å². The van der Waals surface area contributed by atoms with Crippen molar-refractivity contribution in [3.05, 3.63) is 64.2 Å². The van der Waals surface area contributed by atoms with E-state index in [1.165, 1.54) is 7.11 Å². The molecular formula is C22H26ClN3O4. The highest BCUT2D eigenvalue weighted by Crippen LogP contribution is 2.24. The smallest absolute Gasteiger partial charge is 0.273 e. The lowest BCUT2D eigenvalue weighted by Crippen LogP contribution is -2.29. The van der Waals surface area contributed by atoms with E-state index in [1.807, 2.05) is 50.2 Å². The molecule has 0 atom stereocenters. The third-order valence-corrected chi connectivity index (χ3v) is 4.43. The van der Waals surface area contributed by atoms with Gasteiger partial charge in [-0.25, -0.2) is 0 Å². The maximum absolute atomic E-state index is 12.2. The number of amides is 1. The van der Waals surface area contributed by atoms with Gasteiger partial charge in [-0.2, -0.15) is 0 Å². The molecule has 30 heavy (non-hydrogen) atoms. The van der Waals surface area contributed by atoms with Crippen molar-refractivity contribution in [1.29, 1.82) is 0 Å². The van der Waals surface area contributed by atoms with Crippen molar-refractivity contribution in [1.82, 2.24) is 5.32 Å². The van der Waals surface area contributed by atoms with Crippen molar-refractivity contribution in [2.24, 2.45) is 10.3 Å². The maximum atomic E-state index is 12.2. The van der Waals surface area contributed by atoms with Gasteiger partial charge >= 0.3 is 0 Å². The highest BCUT2D eigenvalue weighted by molar-refractivity contribution is 6.45. The van der Waals surface area contributed by atoms with E-state index in [4.69, 9.17) is 26.0 Å². The number of hydrogen-bond donors (Lipinski definition) is 1. The van der Waals surface area contributed by atoms with Gasteiger partial charge in [0.15, 0.2) is 5.71 Å². The summed E-state index contributed by atoms with van der Waals surface area (Å²) in [5.41, 5.74) is 4.53. The zero-order chi connectivity index (χ0) is 21.9. The van der Waals surface area contributed by atoms with Crippen LogP contribution >= 0.6 is 11.6 Å². The van der Waals surface area contributed by atoms with E-state index in [0.29, 0.717) is 18.1 Å². The van der Waals surface area contributed by atoms with Crippen LogP contribution in [-0.4, -0.2) is 44.5 Å². The average Bonchev–Trinajstić information content (AvgIpc) is 2.76. The van der Waals surface area contributed by atoms with Crippen LogP contribution in [0.1, 0.15) is 27.8 Å². The Labute approximate surface area is 181 Å². The van der Waals surface area contributed by atoms with E-state index >= 15 is 0 Å². The summed E-state index contributed by atoms with van der Waals surface area (Å²) < 4.78 is 6.06. The summed E-state index contributed by atoms with van der Waals surface area (Å²) in [6, 6.07) is 11.3. The molecule has 160 valence electrons. The second kappa shape index (κ2) is 11.8. The van der Waals surface area contributed by atoms with Crippen LogP contribution in [0.25, 0.3) is 0 Å². The fourth-order valence-electron chi connectivity index (χ4n) is 2.74. The Morgan fingerprint density at radius 1 is 1.20 bits per heavy atom. The second-order valence-electron chi connectivity index (χ2n) is 6.38. The molecule has 0 unspecified atom stereocenters. The minimum absolute atomic E-state index is 0.190. The van der Waals surface area contributed by atoms with E-state index in [2.05, 4.69) is 15.6 Å². The Kier molecular flexibility index (Phi) is 9.15. The number of alkyl halides is 1. The Morgan fingerprint density at radius 2 is 1.97 bits per heavy atom. The normalized spacial score (nSPS) is 11.4. The van der Waals surface area contributed by atoms with Crippen LogP contribution in [0.4, 0.5) is 0 Å². The van der Waals surface area contributed by atoms with Gasteiger partial charge in [0.25, 0.3) is 5.91 Å². The molecule has 0 aliphatic heterocycles. The van der Waals surface area contributed by atoms with Gasteiger partial charge in [0.1, 0.15) is 26.1 Å². The number of likely N-dealkylation sites (N-methyl/N-ethyl adjacent to an activating group) is 1. The van der Waals surface area contributed by atoms with Gasteiger partial charge in [-0.05, 0) is 48.2 Å². The first-order chi connectivity index (χ1) is 14.5. The average molecular weight is 432 g/mol. The molecule has 0 saturated heterocycles. The Balaban J connectivity index is 2.22. The predicted molar refractivity (Wildman–Crippen MR) is 119 cm³/mol. The number of oxime groups is 2. The summed E-state index contributed by atoms with van der Waals surface area (Å²) in [6.45, 7) is 4.56. The largest absolute Gasteiger partial charge is 0.489 e. The highest BCUT2D eigenvalue weighted by atomic mass is 35.5. The minimum Gasteiger partial charge on any atom is -0.489 e. The third kappa shape index (κ3) is 6.22. The Morgan fingerprint density at radius 3 is 2.67 bits per heavy atom. The van der Waals surface area contributed by atoms with Gasteiger partial charge in [-0.15, -0.1) is 11.6 Å². The lowest BCUT2D eigenvalue weighted by molar-refractivity contribution is -0.114. The number of rotatable bonds is 10. The molecule has 0 aliphatic carbocycles. The Bertz CT molecular complexity index is 929. The number of carbonyl (C=O) groups excluding carboxylic acids is 1. The molecule has 0 radical (unpaired) electrons. The van der Waals surface area contributed by atoms with Crippen LogP contribution in [0.5, 0.6) is 5.75 Å². The summed E-state index contributed by atoms with van der Waals surface area (Å²) in [7, 11) is 2.95. The number of nitrogens with one attached hydrogen (secondary N) is 1. The summed E-state index contributed by atoms with van der Waals surface area (Å²) in [6.07, 6.45) is 1.66. The molecule has 0 saturated carbocycles. The molecule has 2 rings (SSSR count). The molecule has 0 fully saturated rings. The number of carbonyl (C=O) groups is 1. The van der Waals surface area contributed by atoms with E-state index in [0.717, 1.165) is 28.0 Å². The van der Waals surface area contributed by atoms with Crippen LogP contribution in [0.3, 0.4) is 0 Å². The van der Waals surface area contributed by atoms with Crippen LogP contribution in [0.15, 0.2) is 46.7 Å². The first-order valence-electron chi connectivity index (χ1n) is 9.38. The zero-order valence-corrected chi connectivity index (χ0v) is 18.3. The van der Waals surface area contributed by atoms with Crippen molar-refractivity contribution in [2.45, 2.75) is 20.5 Å². The van der Waals surface area contributed by atoms with Crippen LogP contribution in [-0.2, 0) is 21.1 Å². The number of benzene rings is 2. The van der Waals surface area contributed by atoms with Gasteiger partial charge in [-0.3, -0.25) is 4.79 Å². The van der Waals surface area contributed by atoms with Gasteiger partial charge in [0.2, 0.25) is 0 Å². The number of halogens is 1. The van der Waals surface area contributed by atoms with Crippen molar-refractivity contribution >= 4 is 29.4 Å². The Hall–Kier alpha value is -3.06. The standard InChI is InChI=1S/C22H26ClN3O4/c1-15-12-20(16(2)11-18(15)13-25-30-10-9-23)29-14-17-7-5-6-8-19(17)21(26-28-4)22(27)24-3/h5-8,11-13H,9-10,14H2,1-4H3,(H,24,27)/b25-13?,26-21+. The van der Waals surface area contributed by atoms with E-state index in [-0.39, 0.29) is 18.2 Å². The lowest BCUT2D eigenvalue weighted by Gasteiger charge is -2.14. The molecule has 0 spiro atoms. The fourth-order valence-corrected chi connectivity index (χ4v) is 2.81. The molecule has 0 bridgehead atoms. The molecule has 0 aliphatic rings. The quantitative estimate of drug-likeness (QED) is 0.270. The van der Waals surface area contributed by atoms with E-state index < -0.39 is 0 Å². The highest BCUT2D eigenvalue weighted by Gasteiger charge is 2.17. The van der Waals surface area contributed by atoms with Crippen molar-refractivity contribution in [3.8, 4) is 5.75 Å². The molecule has 7 nitrogen and oxygen atoms in total. The maximum Gasteiger partial charge on any atom is 0.273 e. The molecule has 2 aromatic rings. The molecule has 1 amide bonds. The van der Waals surface area contributed by atoms with Crippen LogP contribution in [0, 0.1) is 13.8 Å².